The van der Waals surface area contributed by atoms with Crippen molar-refractivity contribution in [3.05, 3.63) is 63.7 Å². The third-order valence-electron chi connectivity index (χ3n) is 4.38. The molecule has 0 bridgehead atoms. The Morgan fingerprint density at radius 1 is 1.31 bits per heavy atom. The highest BCUT2D eigenvalue weighted by atomic mass is 19.1. The second-order valence-electron chi connectivity index (χ2n) is 6.28. The molecule has 4 rings (SSSR count). The van der Waals surface area contributed by atoms with E-state index in [-0.39, 0.29) is 17.3 Å². The number of aromatic nitrogens is 3. The lowest BCUT2D eigenvalue weighted by Gasteiger charge is -2.32. The van der Waals surface area contributed by atoms with E-state index in [1.54, 1.807) is 24.0 Å². The number of halogens is 1. The van der Waals surface area contributed by atoms with Crippen LogP contribution in [-0.2, 0) is 4.74 Å². The summed E-state index contributed by atoms with van der Waals surface area (Å²) in [6.45, 7) is 2.76. The fourth-order valence-electron chi connectivity index (χ4n) is 3.17. The smallest absolute Gasteiger partial charge is 0.270 e. The molecular formula is C18H17FN4O3. The number of aromatic amines is 2. The highest BCUT2D eigenvalue weighted by Crippen LogP contribution is 2.23. The van der Waals surface area contributed by atoms with E-state index in [1.165, 1.54) is 18.2 Å². The molecule has 1 saturated heterocycles. The van der Waals surface area contributed by atoms with Gasteiger partial charge in [0.05, 0.1) is 18.8 Å². The van der Waals surface area contributed by atoms with Gasteiger partial charge in [0.25, 0.3) is 11.5 Å². The summed E-state index contributed by atoms with van der Waals surface area (Å²) in [5.74, 6) is -0.0609. The van der Waals surface area contributed by atoms with E-state index < -0.39 is 6.10 Å². The second kappa shape index (κ2) is 6.38. The van der Waals surface area contributed by atoms with Crippen molar-refractivity contribution < 1.29 is 13.9 Å². The van der Waals surface area contributed by atoms with Crippen molar-refractivity contribution in [3.8, 4) is 0 Å². The minimum atomic E-state index is -0.462. The van der Waals surface area contributed by atoms with Gasteiger partial charge in [0.1, 0.15) is 23.4 Å². The number of aryl methyl sites for hydroxylation is 1. The van der Waals surface area contributed by atoms with Gasteiger partial charge in [0.2, 0.25) is 0 Å². The third-order valence-corrected chi connectivity index (χ3v) is 4.38. The van der Waals surface area contributed by atoms with Crippen LogP contribution in [0, 0.1) is 12.7 Å². The first kappa shape index (κ1) is 16.5. The summed E-state index contributed by atoms with van der Waals surface area (Å²) in [5.41, 5.74) is 1.21. The molecule has 0 spiro atoms. The summed E-state index contributed by atoms with van der Waals surface area (Å²) in [7, 11) is 0. The Bertz CT molecular complexity index is 1040. The fraction of sp³-hybridized carbons (Fsp3) is 0.278. The van der Waals surface area contributed by atoms with Crippen molar-refractivity contribution in [3.63, 3.8) is 0 Å². The maximum atomic E-state index is 13.3. The summed E-state index contributed by atoms with van der Waals surface area (Å²) in [5, 5.41) is 0.770. The van der Waals surface area contributed by atoms with Crippen molar-refractivity contribution in [1.82, 2.24) is 19.9 Å². The number of ether oxygens (including phenoxy) is 1. The number of amides is 1. The van der Waals surface area contributed by atoms with Crippen molar-refractivity contribution >= 4 is 16.8 Å². The van der Waals surface area contributed by atoms with Crippen LogP contribution in [0.3, 0.4) is 0 Å². The van der Waals surface area contributed by atoms with Gasteiger partial charge in [-0.3, -0.25) is 9.59 Å². The van der Waals surface area contributed by atoms with Gasteiger partial charge in [-0.05, 0) is 31.2 Å². The monoisotopic (exact) mass is 356 g/mol. The van der Waals surface area contributed by atoms with Gasteiger partial charge in [-0.1, -0.05) is 0 Å². The molecule has 0 unspecified atom stereocenters. The zero-order chi connectivity index (χ0) is 18.3. The molecule has 1 fully saturated rings. The molecule has 1 amide bonds. The normalized spacial score (nSPS) is 17.6. The predicted octanol–water partition coefficient (Wildman–Crippen LogP) is 1.91. The van der Waals surface area contributed by atoms with E-state index in [4.69, 9.17) is 4.74 Å². The molecule has 2 N–H and O–H groups in total. The van der Waals surface area contributed by atoms with Gasteiger partial charge < -0.3 is 19.6 Å². The van der Waals surface area contributed by atoms with Gasteiger partial charge >= 0.3 is 0 Å². The van der Waals surface area contributed by atoms with Crippen LogP contribution < -0.4 is 5.56 Å². The third kappa shape index (κ3) is 3.11. The zero-order valence-electron chi connectivity index (χ0n) is 14.1. The number of hydrogen-bond donors (Lipinski definition) is 2. The number of H-pyrrole nitrogens is 2. The predicted molar refractivity (Wildman–Crippen MR) is 92.4 cm³/mol. The molecule has 1 atom stereocenters. The molecule has 0 saturated carbocycles. The average molecular weight is 356 g/mol. The number of nitrogens with one attached hydrogen (secondary N) is 2. The molecular weight excluding hydrogens is 339 g/mol. The summed E-state index contributed by atoms with van der Waals surface area (Å²) < 4.78 is 19.0. The molecule has 7 nitrogen and oxygen atoms in total. The number of fused-ring (bicyclic) bond motifs is 1. The Morgan fingerprint density at radius 3 is 2.96 bits per heavy atom. The summed E-state index contributed by atoms with van der Waals surface area (Å²) in [6.07, 6.45) is -0.462. The van der Waals surface area contributed by atoms with Gasteiger partial charge in [-0.2, -0.15) is 0 Å². The van der Waals surface area contributed by atoms with Crippen molar-refractivity contribution in [2.75, 3.05) is 19.7 Å². The minimum Gasteiger partial charge on any atom is -0.368 e. The molecule has 1 aromatic carbocycles. The zero-order valence-corrected chi connectivity index (χ0v) is 14.1. The van der Waals surface area contributed by atoms with Crippen LogP contribution in [-0.4, -0.2) is 45.5 Å². The number of carbonyl (C=O) groups is 1. The van der Waals surface area contributed by atoms with Crippen LogP contribution in [0.15, 0.2) is 35.1 Å². The first-order valence-corrected chi connectivity index (χ1v) is 8.26. The molecule has 3 heterocycles. The molecule has 1 aliphatic rings. The van der Waals surface area contributed by atoms with Gasteiger partial charge in [0.15, 0.2) is 0 Å². The van der Waals surface area contributed by atoms with Gasteiger partial charge in [0, 0.05) is 23.5 Å². The number of rotatable bonds is 2. The first-order valence-electron chi connectivity index (χ1n) is 8.26. The maximum absolute atomic E-state index is 13.3. The maximum Gasteiger partial charge on any atom is 0.270 e. The Labute approximate surface area is 147 Å². The van der Waals surface area contributed by atoms with E-state index in [0.717, 1.165) is 5.39 Å². The Balaban J connectivity index is 1.58. The van der Waals surface area contributed by atoms with E-state index in [0.29, 0.717) is 42.4 Å². The quantitative estimate of drug-likeness (QED) is 0.734. The lowest BCUT2D eigenvalue weighted by Crippen LogP contribution is -2.42. The Hall–Kier alpha value is -3.00. The highest BCUT2D eigenvalue weighted by molar-refractivity contribution is 5.98. The van der Waals surface area contributed by atoms with E-state index in [1.807, 2.05) is 0 Å². The molecule has 26 heavy (non-hydrogen) atoms. The van der Waals surface area contributed by atoms with Gasteiger partial charge in [-0.15, -0.1) is 0 Å². The number of hydrogen-bond acceptors (Lipinski definition) is 4. The van der Waals surface area contributed by atoms with E-state index >= 15 is 0 Å². The van der Waals surface area contributed by atoms with Crippen LogP contribution in [0.5, 0.6) is 0 Å². The molecule has 0 aliphatic carbocycles. The lowest BCUT2D eigenvalue weighted by molar-refractivity contribution is -0.0250. The van der Waals surface area contributed by atoms with Crippen molar-refractivity contribution in [2.24, 2.45) is 0 Å². The average Bonchev–Trinajstić information content (AvgIpc) is 3.03. The van der Waals surface area contributed by atoms with Gasteiger partial charge in [-0.25, -0.2) is 9.37 Å². The first-order chi connectivity index (χ1) is 12.5. The molecule has 134 valence electrons. The fourth-order valence-corrected chi connectivity index (χ4v) is 3.17. The van der Waals surface area contributed by atoms with Crippen LogP contribution in [0.1, 0.15) is 28.1 Å². The standard InChI is InChI=1S/C18H17FN4O3/c1-10-20-14(8-17(24)21-10)16-9-23(4-5-26-16)18(25)15-6-11-2-3-12(19)7-13(11)22-15/h2-3,6-8,16,22H,4-5,9H2,1H3,(H,20,21,24)/t16-/m1/s1. The summed E-state index contributed by atoms with van der Waals surface area (Å²) in [6, 6.07) is 7.44. The molecule has 1 aliphatic heterocycles. The molecule has 0 radical (unpaired) electrons. The van der Waals surface area contributed by atoms with Crippen LogP contribution in [0.4, 0.5) is 4.39 Å². The number of morpholine rings is 1. The van der Waals surface area contributed by atoms with Crippen LogP contribution in [0.25, 0.3) is 10.9 Å². The molecule has 2 aromatic heterocycles. The van der Waals surface area contributed by atoms with E-state index in [2.05, 4.69) is 15.0 Å². The van der Waals surface area contributed by atoms with Crippen LogP contribution in [0.2, 0.25) is 0 Å². The number of nitrogens with zero attached hydrogens (tertiary/aromatic N) is 2. The van der Waals surface area contributed by atoms with Crippen molar-refractivity contribution in [2.45, 2.75) is 13.0 Å². The number of carbonyl (C=O) groups excluding carboxylic acids is 1. The Kier molecular flexibility index (Phi) is 4.04. The minimum absolute atomic E-state index is 0.198. The summed E-state index contributed by atoms with van der Waals surface area (Å²) in [4.78, 5) is 36.0. The molecule has 3 aromatic rings. The van der Waals surface area contributed by atoms with Crippen molar-refractivity contribution in [1.29, 1.82) is 0 Å². The second-order valence-corrected chi connectivity index (χ2v) is 6.28. The number of benzene rings is 1. The van der Waals surface area contributed by atoms with E-state index in [9.17, 15) is 14.0 Å². The largest absolute Gasteiger partial charge is 0.368 e. The highest BCUT2D eigenvalue weighted by Gasteiger charge is 2.28. The topological polar surface area (TPSA) is 91.1 Å². The molecule has 8 heteroatoms. The summed E-state index contributed by atoms with van der Waals surface area (Å²) >= 11 is 0. The Morgan fingerprint density at radius 2 is 2.15 bits per heavy atom. The lowest BCUT2D eigenvalue weighted by atomic mass is 10.2. The van der Waals surface area contributed by atoms with Crippen LogP contribution >= 0.6 is 0 Å². The SMILES string of the molecule is Cc1nc([C@H]2CN(C(=O)c3cc4ccc(F)cc4[nH]3)CCO2)cc(=O)[nH]1.